The minimum atomic E-state index is -0.434. The van der Waals surface area contributed by atoms with Gasteiger partial charge < -0.3 is 15.2 Å². The summed E-state index contributed by atoms with van der Waals surface area (Å²) in [7, 11) is 0. The molecule has 1 aromatic carbocycles. The highest BCUT2D eigenvalue weighted by molar-refractivity contribution is 6.32. The fourth-order valence-electron chi connectivity index (χ4n) is 5.45. The zero-order valence-electron chi connectivity index (χ0n) is 19.7. The monoisotopic (exact) mass is 482 g/mol. The molecule has 0 bridgehead atoms. The van der Waals surface area contributed by atoms with E-state index in [1.807, 2.05) is 18.5 Å². The van der Waals surface area contributed by atoms with Gasteiger partial charge in [-0.2, -0.15) is 5.10 Å². The van der Waals surface area contributed by atoms with Gasteiger partial charge in [0.15, 0.2) is 0 Å². The van der Waals surface area contributed by atoms with Crippen molar-refractivity contribution in [3.8, 4) is 0 Å². The molecule has 6 rings (SSSR count). The molecule has 0 amide bonds. The summed E-state index contributed by atoms with van der Waals surface area (Å²) >= 11 is 6.72. The first kappa shape index (κ1) is 22.2. The SMILES string of the molecule is Cc1c(Nc2ncc3cc(Cl)c(C4CCN([C@]5(C)COCC5O)CC4)cc3n2)cnn1C1CC1. The van der Waals surface area contributed by atoms with Crippen LogP contribution in [-0.4, -0.2) is 67.7 Å². The van der Waals surface area contributed by atoms with E-state index in [0.29, 0.717) is 31.1 Å². The number of hydrogen-bond acceptors (Lipinski definition) is 7. The molecule has 3 aromatic rings. The number of fused-ring (bicyclic) bond motifs is 1. The molecule has 2 saturated heterocycles. The number of nitrogens with zero attached hydrogens (tertiary/aromatic N) is 5. The number of ether oxygens (including phenoxy) is 1. The van der Waals surface area contributed by atoms with Gasteiger partial charge in [0, 0.05) is 16.6 Å². The minimum Gasteiger partial charge on any atom is -0.389 e. The molecule has 1 aliphatic carbocycles. The fourth-order valence-corrected chi connectivity index (χ4v) is 5.78. The van der Waals surface area contributed by atoms with Gasteiger partial charge in [0.1, 0.15) is 0 Å². The van der Waals surface area contributed by atoms with E-state index < -0.39 is 6.10 Å². The van der Waals surface area contributed by atoms with Crippen LogP contribution in [0, 0.1) is 6.92 Å². The molecule has 1 saturated carbocycles. The van der Waals surface area contributed by atoms with Crippen LogP contribution in [0.5, 0.6) is 0 Å². The third-order valence-electron chi connectivity index (χ3n) is 7.93. The number of piperidine rings is 1. The van der Waals surface area contributed by atoms with E-state index in [2.05, 4.69) is 44.9 Å². The molecule has 3 fully saturated rings. The smallest absolute Gasteiger partial charge is 0.227 e. The number of aliphatic hydroxyl groups excluding tert-OH is 1. The van der Waals surface area contributed by atoms with E-state index in [9.17, 15) is 5.11 Å². The maximum atomic E-state index is 10.4. The van der Waals surface area contributed by atoms with Crippen LogP contribution in [0.3, 0.4) is 0 Å². The van der Waals surface area contributed by atoms with Gasteiger partial charge in [0.05, 0.1) is 54.0 Å². The quantitative estimate of drug-likeness (QED) is 0.563. The second-order valence-electron chi connectivity index (χ2n) is 10.2. The topological polar surface area (TPSA) is 88.3 Å². The van der Waals surface area contributed by atoms with Gasteiger partial charge in [-0.05, 0) is 76.2 Å². The van der Waals surface area contributed by atoms with Gasteiger partial charge in [0.2, 0.25) is 5.95 Å². The lowest BCUT2D eigenvalue weighted by atomic mass is 9.85. The molecule has 2 aromatic heterocycles. The van der Waals surface area contributed by atoms with Crippen LogP contribution < -0.4 is 5.32 Å². The van der Waals surface area contributed by atoms with Crippen LogP contribution in [-0.2, 0) is 4.74 Å². The van der Waals surface area contributed by atoms with Crippen LogP contribution in [0.1, 0.15) is 55.8 Å². The van der Waals surface area contributed by atoms with Crippen LogP contribution in [0.25, 0.3) is 10.9 Å². The highest BCUT2D eigenvalue weighted by Crippen LogP contribution is 2.39. The number of rotatable bonds is 5. The Morgan fingerprint density at radius 1 is 1.18 bits per heavy atom. The standard InChI is InChI=1S/C25H31ClN6O2/c1-15-22(12-28-32(15)18-3-4-18)30-24-27-11-17-9-20(26)19(10-21(17)29-24)16-5-7-31(8-6-16)25(2)14-34-13-23(25)33/h9-12,16,18,23,33H,3-8,13-14H2,1-2H3,(H,27,29,30)/t23?,25-/m1/s1. The van der Waals surface area contributed by atoms with Gasteiger partial charge >= 0.3 is 0 Å². The van der Waals surface area contributed by atoms with Gasteiger partial charge in [-0.1, -0.05) is 11.6 Å². The van der Waals surface area contributed by atoms with Crippen molar-refractivity contribution in [2.75, 3.05) is 31.6 Å². The Bertz CT molecular complexity index is 1220. The summed E-state index contributed by atoms with van der Waals surface area (Å²) in [6, 6.07) is 4.64. The van der Waals surface area contributed by atoms with Crippen molar-refractivity contribution in [3.05, 3.63) is 40.8 Å². The molecule has 0 radical (unpaired) electrons. The molecule has 34 heavy (non-hydrogen) atoms. The lowest BCUT2D eigenvalue weighted by Gasteiger charge is -2.43. The molecule has 180 valence electrons. The average Bonchev–Trinajstić information content (AvgIpc) is 3.54. The summed E-state index contributed by atoms with van der Waals surface area (Å²) < 4.78 is 7.63. The van der Waals surface area contributed by atoms with Gasteiger partial charge in [0.25, 0.3) is 0 Å². The molecular weight excluding hydrogens is 452 g/mol. The van der Waals surface area contributed by atoms with Crippen LogP contribution >= 0.6 is 11.6 Å². The molecule has 2 aliphatic heterocycles. The van der Waals surface area contributed by atoms with E-state index in [1.54, 1.807) is 0 Å². The predicted octanol–water partition coefficient (Wildman–Crippen LogP) is 4.20. The Labute approximate surface area is 204 Å². The van der Waals surface area contributed by atoms with E-state index in [0.717, 1.165) is 58.8 Å². The van der Waals surface area contributed by atoms with Crippen LogP contribution in [0.2, 0.25) is 5.02 Å². The fraction of sp³-hybridized carbons (Fsp3) is 0.560. The van der Waals surface area contributed by atoms with Crippen molar-refractivity contribution in [2.45, 2.75) is 63.1 Å². The molecule has 3 aliphatic rings. The Balaban J connectivity index is 1.21. The highest BCUT2D eigenvalue weighted by Gasteiger charge is 2.45. The van der Waals surface area contributed by atoms with E-state index in [-0.39, 0.29) is 5.54 Å². The molecular formula is C25H31ClN6O2. The molecule has 9 heteroatoms. The number of halogens is 1. The molecule has 2 N–H and O–H groups in total. The van der Waals surface area contributed by atoms with Gasteiger partial charge in [-0.25, -0.2) is 9.97 Å². The molecule has 8 nitrogen and oxygen atoms in total. The second-order valence-corrected chi connectivity index (χ2v) is 10.6. The van der Waals surface area contributed by atoms with E-state index in [4.69, 9.17) is 21.3 Å². The highest BCUT2D eigenvalue weighted by atomic mass is 35.5. The third kappa shape index (κ3) is 3.86. The summed E-state index contributed by atoms with van der Waals surface area (Å²) in [5.41, 5.74) is 3.79. The number of anilines is 2. The van der Waals surface area contributed by atoms with Crippen molar-refractivity contribution in [3.63, 3.8) is 0 Å². The summed E-state index contributed by atoms with van der Waals surface area (Å²) in [4.78, 5) is 11.7. The maximum Gasteiger partial charge on any atom is 0.227 e. The number of nitrogens with one attached hydrogen (secondary N) is 1. The molecule has 0 spiro atoms. The summed E-state index contributed by atoms with van der Waals surface area (Å²) in [6.45, 7) is 7.02. The Hall–Kier alpha value is -2.26. The average molecular weight is 483 g/mol. The van der Waals surface area contributed by atoms with Crippen molar-refractivity contribution in [2.24, 2.45) is 0 Å². The molecule has 1 unspecified atom stereocenters. The van der Waals surface area contributed by atoms with E-state index in [1.165, 1.54) is 12.8 Å². The number of likely N-dealkylation sites (tertiary alicyclic amines) is 1. The van der Waals surface area contributed by atoms with Crippen molar-refractivity contribution >= 4 is 34.1 Å². The van der Waals surface area contributed by atoms with Gasteiger partial charge in [-0.3, -0.25) is 9.58 Å². The summed E-state index contributed by atoms with van der Waals surface area (Å²) in [6.07, 6.45) is 7.62. The first-order valence-corrected chi connectivity index (χ1v) is 12.6. The number of aliphatic hydroxyl groups is 1. The zero-order chi connectivity index (χ0) is 23.4. The number of benzene rings is 1. The first-order chi connectivity index (χ1) is 16.4. The predicted molar refractivity (Wildman–Crippen MR) is 132 cm³/mol. The van der Waals surface area contributed by atoms with Crippen LogP contribution in [0.15, 0.2) is 24.5 Å². The first-order valence-electron chi connectivity index (χ1n) is 12.2. The largest absolute Gasteiger partial charge is 0.389 e. The second kappa shape index (κ2) is 8.45. The lowest BCUT2D eigenvalue weighted by molar-refractivity contribution is -0.00211. The van der Waals surface area contributed by atoms with Gasteiger partial charge in [-0.15, -0.1) is 0 Å². The number of aromatic nitrogens is 4. The summed E-state index contributed by atoms with van der Waals surface area (Å²) in [5.74, 6) is 0.929. The Morgan fingerprint density at radius 3 is 2.68 bits per heavy atom. The van der Waals surface area contributed by atoms with Crippen molar-refractivity contribution in [1.29, 1.82) is 0 Å². The molecule has 2 atom stereocenters. The van der Waals surface area contributed by atoms with Crippen LogP contribution in [0.4, 0.5) is 11.6 Å². The Kier molecular flexibility index (Phi) is 5.52. The zero-order valence-corrected chi connectivity index (χ0v) is 20.4. The van der Waals surface area contributed by atoms with Crippen molar-refractivity contribution < 1.29 is 9.84 Å². The summed E-state index contributed by atoms with van der Waals surface area (Å²) in [5, 5.41) is 20.0. The third-order valence-corrected chi connectivity index (χ3v) is 8.25. The van der Waals surface area contributed by atoms with Crippen molar-refractivity contribution in [1.82, 2.24) is 24.6 Å². The Morgan fingerprint density at radius 2 is 1.97 bits per heavy atom. The normalized spacial score (nSPS) is 26.4. The lowest BCUT2D eigenvalue weighted by Crippen LogP contribution is -2.56. The minimum absolute atomic E-state index is 0.294. The molecule has 4 heterocycles. The maximum absolute atomic E-state index is 10.4. The number of hydrogen-bond donors (Lipinski definition) is 2. The van der Waals surface area contributed by atoms with E-state index >= 15 is 0 Å².